The lowest BCUT2D eigenvalue weighted by Gasteiger charge is -2.17. The molecule has 2 N–H and O–H groups in total. The molecule has 6 nitrogen and oxygen atoms in total. The lowest BCUT2D eigenvalue weighted by molar-refractivity contribution is -0.139. The smallest absolute Gasteiger partial charge is 0.326 e. The molecule has 0 bridgehead atoms. The third-order valence-corrected chi connectivity index (χ3v) is 7.22. The summed E-state index contributed by atoms with van der Waals surface area (Å²) in [6.45, 7) is 1.99. The van der Waals surface area contributed by atoms with E-state index in [4.69, 9.17) is 0 Å². The molecule has 4 rings (SSSR count). The summed E-state index contributed by atoms with van der Waals surface area (Å²) >= 11 is 0. The lowest BCUT2D eigenvalue weighted by Crippen LogP contribution is -2.41. The van der Waals surface area contributed by atoms with Crippen LogP contribution in [0.15, 0.2) is 79.0 Å². The summed E-state index contributed by atoms with van der Waals surface area (Å²) in [7, 11) is -1.15. The highest BCUT2D eigenvalue weighted by Crippen LogP contribution is 2.29. The van der Waals surface area contributed by atoms with Crippen LogP contribution in [0.2, 0.25) is 0 Å². The number of hydrogen-bond donors (Lipinski definition) is 2. The zero-order valence-corrected chi connectivity index (χ0v) is 21.8. The molecule has 3 aromatic carbocycles. The van der Waals surface area contributed by atoms with E-state index < -0.39 is 28.7 Å². The van der Waals surface area contributed by atoms with E-state index in [9.17, 15) is 18.9 Å². The van der Waals surface area contributed by atoms with E-state index in [2.05, 4.69) is 22.4 Å². The van der Waals surface area contributed by atoms with Gasteiger partial charge in [-0.05, 0) is 72.2 Å². The van der Waals surface area contributed by atoms with Gasteiger partial charge in [0.15, 0.2) is 0 Å². The van der Waals surface area contributed by atoms with Crippen molar-refractivity contribution in [3.8, 4) is 11.1 Å². The van der Waals surface area contributed by atoms with Crippen LogP contribution in [-0.2, 0) is 28.4 Å². The summed E-state index contributed by atoms with van der Waals surface area (Å²) in [6.07, 6.45) is 5.08. The van der Waals surface area contributed by atoms with Crippen molar-refractivity contribution in [3.05, 3.63) is 101 Å². The number of aromatic nitrogens is 1. The minimum absolute atomic E-state index is 0.0990. The van der Waals surface area contributed by atoms with E-state index in [-0.39, 0.29) is 12.2 Å². The van der Waals surface area contributed by atoms with Crippen LogP contribution in [0.1, 0.15) is 33.5 Å². The number of aliphatic carboxylic acids is 1. The SMILES string of the molecule is Cc1ccccc1-c1cc(CCc2cnc3ccccc3c2)ccc1C(=O)N[C@@H](CCS(C)=O)C(=O)O. The summed E-state index contributed by atoms with van der Waals surface area (Å²) in [5, 5.41) is 13.3. The fourth-order valence-electron chi connectivity index (χ4n) is 4.36. The van der Waals surface area contributed by atoms with Crippen molar-refractivity contribution in [2.75, 3.05) is 12.0 Å². The molecule has 0 aliphatic rings. The largest absolute Gasteiger partial charge is 0.480 e. The summed E-state index contributed by atoms with van der Waals surface area (Å²) in [4.78, 5) is 29.5. The maximum Gasteiger partial charge on any atom is 0.326 e. The van der Waals surface area contributed by atoms with E-state index in [0.717, 1.165) is 51.6 Å². The first-order valence-electron chi connectivity index (χ1n) is 12.2. The Balaban J connectivity index is 1.61. The van der Waals surface area contributed by atoms with Gasteiger partial charge in [0.05, 0.1) is 5.52 Å². The fourth-order valence-corrected chi connectivity index (χ4v) is 4.93. The Kier molecular flexibility index (Phi) is 8.46. The highest BCUT2D eigenvalue weighted by molar-refractivity contribution is 7.84. The molecular formula is C30H30N2O4S. The van der Waals surface area contributed by atoms with Crippen molar-refractivity contribution < 1.29 is 18.9 Å². The van der Waals surface area contributed by atoms with E-state index in [1.165, 1.54) is 6.26 Å². The standard InChI is InChI=1S/C30H30N2O4S/c1-20-7-3-5-9-24(20)26-18-21(11-12-22-17-23-8-4-6-10-27(23)31-19-22)13-14-25(26)29(33)32-28(30(34)35)15-16-37(2)36/h3-10,13-14,17-19,28H,11-12,15-16H2,1-2H3,(H,32,33)(H,34,35)/t28-,37?/m0/s1. The minimum Gasteiger partial charge on any atom is -0.480 e. The quantitative estimate of drug-likeness (QED) is 0.312. The van der Waals surface area contributed by atoms with Gasteiger partial charge in [-0.3, -0.25) is 14.0 Å². The second-order valence-corrected chi connectivity index (χ2v) is 10.7. The molecule has 0 saturated heterocycles. The summed E-state index contributed by atoms with van der Waals surface area (Å²) in [5.41, 5.74) is 6.28. The molecule has 0 radical (unpaired) electrons. The highest BCUT2D eigenvalue weighted by atomic mass is 32.2. The van der Waals surface area contributed by atoms with Gasteiger partial charge >= 0.3 is 5.97 Å². The number of carboxylic acid groups (broad SMARTS) is 1. The summed E-state index contributed by atoms with van der Waals surface area (Å²) in [6, 6.07) is 22.6. The Morgan fingerprint density at radius 3 is 2.43 bits per heavy atom. The number of carboxylic acids is 1. The molecule has 1 heterocycles. The Bertz CT molecular complexity index is 1470. The van der Waals surface area contributed by atoms with Crippen LogP contribution >= 0.6 is 0 Å². The molecule has 1 amide bonds. The number of hydrogen-bond acceptors (Lipinski definition) is 4. The minimum atomic E-state index is -1.15. The topological polar surface area (TPSA) is 96.4 Å². The van der Waals surface area contributed by atoms with Gasteiger partial charge in [0.2, 0.25) is 0 Å². The first-order chi connectivity index (χ1) is 17.8. The normalized spacial score (nSPS) is 12.7. The molecule has 7 heteroatoms. The Morgan fingerprint density at radius 1 is 0.946 bits per heavy atom. The van der Waals surface area contributed by atoms with Crippen LogP contribution in [0.4, 0.5) is 0 Å². The number of rotatable bonds is 10. The van der Waals surface area contributed by atoms with Crippen molar-refractivity contribution in [3.63, 3.8) is 0 Å². The maximum atomic E-state index is 13.3. The van der Waals surface area contributed by atoms with Crippen LogP contribution in [0.25, 0.3) is 22.0 Å². The monoisotopic (exact) mass is 514 g/mol. The number of nitrogens with one attached hydrogen (secondary N) is 1. The molecule has 0 spiro atoms. The van der Waals surface area contributed by atoms with E-state index in [1.807, 2.05) is 67.7 Å². The molecule has 0 fully saturated rings. The molecule has 0 aliphatic carbocycles. The van der Waals surface area contributed by atoms with Crippen molar-refractivity contribution in [2.45, 2.75) is 32.2 Å². The lowest BCUT2D eigenvalue weighted by atomic mass is 9.92. The summed E-state index contributed by atoms with van der Waals surface area (Å²) in [5.74, 6) is -1.40. The summed E-state index contributed by atoms with van der Waals surface area (Å²) < 4.78 is 11.5. The first kappa shape index (κ1) is 26.2. The third-order valence-electron chi connectivity index (χ3n) is 6.41. The van der Waals surface area contributed by atoms with E-state index in [0.29, 0.717) is 5.56 Å². The van der Waals surface area contributed by atoms with Crippen molar-refractivity contribution in [1.29, 1.82) is 0 Å². The average molecular weight is 515 g/mol. The van der Waals surface area contributed by atoms with Crippen LogP contribution in [-0.4, -0.2) is 44.2 Å². The number of nitrogens with zero attached hydrogens (tertiary/aromatic N) is 1. The number of para-hydroxylation sites is 1. The molecule has 190 valence electrons. The van der Waals surface area contributed by atoms with Crippen LogP contribution in [0.3, 0.4) is 0 Å². The number of fused-ring (bicyclic) bond motifs is 1. The van der Waals surface area contributed by atoms with Crippen molar-refractivity contribution in [2.24, 2.45) is 0 Å². The molecule has 0 saturated carbocycles. The third kappa shape index (κ3) is 6.68. The van der Waals surface area contributed by atoms with Gasteiger partial charge in [0, 0.05) is 40.0 Å². The van der Waals surface area contributed by atoms with Crippen LogP contribution in [0, 0.1) is 6.92 Å². The first-order valence-corrected chi connectivity index (χ1v) is 13.9. The maximum absolute atomic E-state index is 13.3. The average Bonchev–Trinajstić information content (AvgIpc) is 2.89. The van der Waals surface area contributed by atoms with E-state index >= 15 is 0 Å². The highest BCUT2D eigenvalue weighted by Gasteiger charge is 2.23. The Hall–Kier alpha value is -3.84. The van der Waals surface area contributed by atoms with Gasteiger partial charge in [-0.25, -0.2) is 4.79 Å². The molecular weight excluding hydrogens is 484 g/mol. The van der Waals surface area contributed by atoms with Gasteiger partial charge < -0.3 is 10.4 Å². The number of carbonyl (C=O) groups excluding carboxylic acids is 1. The number of carbonyl (C=O) groups is 2. The van der Waals surface area contributed by atoms with Crippen LogP contribution in [0.5, 0.6) is 0 Å². The van der Waals surface area contributed by atoms with Crippen LogP contribution < -0.4 is 5.32 Å². The van der Waals surface area contributed by atoms with E-state index in [1.54, 1.807) is 6.07 Å². The zero-order valence-electron chi connectivity index (χ0n) is 20.9. The van der Waals surface area contributed by atoms with Gasteiger partial charge in [-0.15, -0.1) is 0 Å². The van der Waals surface area contributed by atoms with Gasteiger partial charge in [0.25, 0.3) is 5.91 Å². The molecule has 0 aliphatic heterocycles. The Labute approximate surface area is 219 Å². The number of pyridine rings is 1. The van der Waals surface area contributed by atoms with Crippen molar-refractivity contribution >= 4 is 33.6 Å². The van der Waals surface area contributed by atoms with Gasteiger partial charge in [0.1, 0.15) is 6.04 Å². The second kappa shape index (κ2) is 11.9. The van der Waals surface area contributed by atoms with Gasteiger partial charge in [-0.1, -0.05) is 54.6 Å². The molecule has 2 atom stereocenters. The zero-order chi connectivity index (χ0) is 26.4. The van der Waals surface area contributed by atoms with Crippen molar-refractivity contribution in [1.82, 2.24) is 10.3 Å². The predicted octanol–water partition coefficient (Wildman–Crippen LogP) is 4.95. The fraction of sp³-hybridized carbons (Fsp3) is 0.233. The molecule has 1 unspecified atom stereocenters. The number of benzene rings is 3. The molecule has 37 heavy (non-hydrogen) atoms. The second-order valence-electron chi connectivity index (χ2n) is 9.16. The Morgan fingerprint density at radius 2 is 1.68 bits per heavy atom. The predicted molar refractivity (Wildman–Crippen MR) is 148 cm³/mol. The molecule has 1 aromatic heterocycles. The molecule has 4 aromatic rings. The number of aryl methyl sites for hydroxylation is 3. The number of amides is 1. The van der Waals surface area contributed by atoms with Gasteiger partial charge in [-0.2, -0.15) is 0 Å².